The molecule has 0 aromatic carbocycles. The fourth-order valence-corrected chi connectivity index (χ4v) is 3.06. The van der Waals surface area contributed by atoms with Gasteiger partial charge in [0.25, 0.3) is 5.56 Å². The predicted octanol–water partition coefficient (Wildman–Crippen LogP) is 3.83. The van der Waals surface area contributed by atoms with Crippen LogP contribution in [0, 0.1) is 0 Å². The number of nitrogens with one attached hydrogen (secondary N) is 1. The van der Waals surface area contributed by atoms with Gasteiger partial charge in [-0.05, 0) is 30.6 Å². The second-order valence-electron chi connectivity index (χ2n) is 5.89. The molecule has 1 aromatic heterocycles. The molecule has 0 radical (unpaired) electrons. The van der Waals surface area contributed by atoms with Crippen LogP contribution >= 0.6 is 0 Å². The van der Waals surface area contributed by atoms with Crippen LogP contribution in [-0.4, -0.2) is 16.9 Å². The maximum atomic E-state index is 14.0. The Kier molecular flexibility index (Phi) is 4.46. The number of pyridine rings is 1. The molecular formula is C18H18F2N2O2. The number of halogens is 2. The number of carbonyl (C=O) groups is 1. The summed E-state index contributed by atoms with van der Waals surface area (Å²) in [5.41, 5.74) is 0.361. The molecule has 1 aromatic rings. The highest BCUT2D eigenvalue weighted by Crippen LogP contribution is 2.29. The van der Waals surface area contributed by atoms with Crippen molar-refractivity contribution in [1.82, 2.24) is 4.57 Å². The molecule has 2 aliphatic rings. The summed E-state index contributed by atoms with van der Waals surface area (Å²) in [6.07, 6.45) is 4.38. The number of Topliss-reactive ketones (excluding diaryl/α,β-unsaturated/α-hetero) is 1. The third-order valence-corrected chi connectivity index (χ3v) is 4.37. The number of allylic oxidation sites excluding steroid dienone is 6. The van der Waals surface area contributed by atoms with Gasteiger partial charge < -0.3 is 5.32 Å². The van der Waals surface area contributed by atoms with E-state index in [9.17, 15) is 18.4 Å². The lowest BCUT2D eigenvalue weighted by molar-refractivity contribution is 0.0992. The monoisotopic (exact) mass is 332 g/mol. The van der Waals surface area contributed by atoms with Crippen molar-refractivity contribution in [3.63, 3.8) is 0 Å². The Morgan fingerprint density at radius 3 is 2.88 bits per heavy atom. The molecule has 0 saturated carbocycles. The molecule has 1 aliphatic carbocycles. The van der Waals surface area contributed by atoms with Crippen molar-refractivity contribution >= 4 is 11.6 Å². The van der Waals surface area contributed by atoms with Crippen molar-refractivity contribution in [2.24, 2.45) is 0 Å². The Morgan fingerprint density at radius 1 is 1.33 bits per heavy atom. The fraction of sp³-hybridized carbons (Fsp3) is 0.333. The van der Waals surface area contributed by atoms with Gasteiger partial charge in [0, 0.05) is 25.1 Å². The van der Waals surface area contributed by atoms with Gasteiger partial charge in [0.2, 0.25) is 0 Å². The summed E-state index contributed by atoms with van der Waals surface area (Å²) in [6, 6.07) is 2.84. The number of aromatic nitrogens is 1. The minimum Gasteiger partial charge on any atom is -0.369 e. The number of fused-ring (bicyclic) bond motifs is 1. The Hall–Kier alpha value is -2.50. The van der Waals surface area contributed by atoms with Gasteiger partial charge >= 0.3 is 0 Å². The first-order valence-corrected chi connectivity index (χ1v) is 7.96. The minimum absolute atomic E-state index is 0.00674. The molecule has 1 atom stereocenters. The Morgan fingerprint density at radius 2 is 2.12 bits per heavy atom. The first-order chi connectivity index (χ1) is 11.5. The van der Waals surface area contributed by atoms with Gasteiger partial charge in [-0.25, -0.2) is 8.78 Å². The second kappa shape index (κ2) is 6.55. The molecule has 4 nitrogen and oxygen atoms in total. The molecule has 1 aliphatic heterocycles. The zero-order valence-electron chi connectivity index (χ0n) is 13.3. The highest BCUT2D eigenvalue weighted by molar-refractivity contribution is 6.02. The van der Waals surface area contributed by atoms with Crippen molar-refractivity contribution < 1.29 is 13.6 Å². The third-order valence-electron chi connectivity index (χ3n) is 4.37. The van der Waals surface area contributed by atoms with Crippen molar-refractivity contribution in [3.05, 3.63) is 63.5 Å². The number of carbonyl (C=O) groups excluding carboxylic acids is 1. The van der Waals surface area contributed by atoms with Crippen LogP contribution in [0.1, 0.15) is 42.6 Å². The average Bonchev–Trinajstić information content (AvgIpc) is 2.92. The van der Waals surface area contributed by atoms with Crippen LogP contribution in [-0.2, 0) is 0 Å². The number of ketones is 1. The van der Waals surface area contributed by atoms with Gasteiger partial charge in [-0.1, -0.05) is 13.0 Å². The SMILES string of the molecule is CCC1CNc2c(C(=O)CC3=CCC=C(F)C=C3F)ccc(=O)n21. The van der Waals surface area contributed by atoms with Gasteiger partial charge in [0.15, 0.2) is 5.78 Å². The van der Waals surface area contributed by atoms with Crippen molar-refractivity contribution in [2.45, 2.75) is 32.2 Å². The van der Waals surface area contributed by atoms with Crippen molar-refractivity contribution in [2.75, 3.05) is 11.9 Å². The molecule has 0 bridgehead atoms. The normalized spacial score (nSPS) is 19.6. The van der Waals surface area contributed by atoms with Crippen molar-refractivity contribution in [1.29, 1.82) is 0 Å². The number of rotatable bonds is 4. The quantitative estimate of drug-likeness (QED) is 0.853. The predicted molar refractivity (Wildman–Crippen MR) is 88.5 cm³/mol. The number of anilines is 1. The van der Waals surface area contributed by atoms with Gasteiger partial charge in [0.05, 0.1) is 11.6 Å². The number of nitrogens with zero attached hydrogens (tertiary/aromatic N) is 1. The lowest BCUT2D eigenvalue weighted by Gasteiger charge is -2.12. The summed E-state index contributed by atoms with van der Waals surface area (Å²) in [5.74, 6) is -1.20. The summed E-state index contributed by atoms with van der Waals surface area (Å²) < 4.78 is 28.8. The molecule has 0 fully saturated rings. The van der Waals surface area contributed by atoms with Crippen LogP contribution in [0.3, 0.4) is 0 Å². The summed E-state index contributed by atoms with van der Waals surface area (Å²) in [5, 5.41) is 3.10. The van der Waals surface area contributed by atoms with E-state index in [4.69, 9.17) is 0 Å². The first kappa shape index (κ1) is 16.4. The molecule has 24 heavy (non-hydrogen) atoms. The highest BCUT2D eigenvalue weighted by atomic mass is 19.1. The van der Waals surface area contributed by atoms with Crippen molar-refractivity contribution in [3.8, 4) is 0 Å². The maximum Gasteiger partial charge on any atom is 0.252 e. The van der Waals surface area contributed by atoms with E-state index in [-0.39, 0.29) is 35.8 Å². The highest BCUT2D eigenvalue weighted by Gasteiger charge is 2.26. The molecule has 0 saturated heterocycles. The molecule has 0 spiro atoms. The fourth-order valence-electron chi connectivity index (χ4n) is 3.06. The second-order valence-corrected chi connectivity index (χ2v) is 5.89. The van der Waals surface area contributed by atoms with Crippen LogP contribution in [0.15, 0.2) is 52.4 Å². The Balaban J connectivity index is 1.90. The maximum absolute atomic E-state index is 14.0. The summed E-state index contributed by atoms with van der Waals surface area (Å²) in [6.45, 7) is 2.56. The van der Waals surface area contributed by atoms with Crippen LogP contribution in [0.25, 0.3) is 0 Å². The molecule has 1 unspecified atom stereocenters. The number of hydrogen-bond donors (Lipinski definition) is 1. The van der Waals surface area contributed by atoms with E-state index in [0.29, 0.717) is 17.9 Å². The molecule has 126 valence electrons. The number of hydrogen-bond acceptors (Lipinski definition) is 3. The van der Waals surface area contributed by atoms with E-state index in [1.807, 2.05) is 6.92 Å². The third kappa shape index (κ3) is 2.96. The van der Waals surface area contributed by atoms with Gasteiger partial charge in [-0.3, -0.25) is 14.2 Å². The van der Waals surface area contributed by atoms with Crippen LogP contribution in [0.4, 0.5) is 14.6 Å². The largest absolute Gasteiger partial charge is 0.369 e. The summed E-state index contributed by atoms with van der Waals surface area (Å²) in [4.78, 5) is 24.7. The standard InChI is InChI=1S/C18H18F2N2O2/c1-2-13-10-21-18-14(6-7-17(24)22(13)18)16(23)8-11-4-3-5-12(19)9-15(11)20/h4-7,9,13,21H,2-3,8,10H2,1H3. The smallest absolute Gasteiger partial charge is 0.252 e. The molecule has 6 heteroatoms. The molecule has 1 N–H and O–H groups in total. The van der Waals surface area contributed by atoms with Gasteiger partial charge in [0.1, 0.15) is 17.5 Å². The van der Waals surface area contributed by atoms with E-state index in [0.717, 1.165) is 12.5 Å². The zero-order chi connectivity index (χ0) is 17.3. The zero-order valence-corrected chi connectivity index (χ0v) is 13.3. The lowest BCUT2D eigenvalue weighted by atomic mass is 10.0. The van der Waals surface area contributed by atoms with Crippen LogP contribution in [0.2, 0.25) is 0 Å². The first-order valence-electron chi connectivity index (χ1n) is 7.96. The van der Waals surface area contributed by atoms with E-state index < -0.39 is 11.7 Å². The van der Waals surface area contributed by atoms with Crippen LogP contribution < -0.4 is 10.9 Å². The molecule has 2 heterocycles. The Bertz CT molecular complexity index is 834. The van der Waals surface area contributed by atoms with Crippen LogP contribution in [0.5, 0.6) is 0 Å². The van der Waals surface area contributed by atoms with E-state index in [1.165, 1.54) is 24.3 Å². The molecule has 0 amide bonds. The van der Waals surface area contributed by atoms with Gasteiger partial charge in [-0.2, -0.15) is 0 Å². The Labute approximate surface area is 138 Å². The minimum atomic E-state index is -0.737. The molecular weight excluding hydrogens is 314 g/mol. The summed E-state index contributed by atoms with van der Waals surface area (Å²) in [7, 11) is 0. The summed E-state index contributed by atoms with van der Waals surface area (Å²) >= 11 is 0. The lowest BCUT2D eigenvalue weighted by Crippen LogP contribution is -2.22. The van der Waals surface area contributed by atoms with E-state index in [1.54, 1.807) is 4.57 Å². The average molecular weight is 332 g/mol. The van der Waals surface area contributed by atoms with Gasteiger partial charge in [-0.15, -0.1) is 0 Å². The van der Waals surface area contributed by atoms with E-state index >= 15 is 0 Å². The topological polar surface area (TPSA) is 51.1 Å². The van der Waals surface area contributed by atoms with E-state index in [2.05, 4.69) is 5.32 Å². The molecule has 3 rings (SSSR count).